The van der Waals surface area contributed by atoms with Crippen molar-refractivity contribution in [3.63, 3.8) is 0 Å². The average Bonchev–Trinajstić information content (AvgIpc) is 3.90. The van der Waals surface area contributed by atoms with Crippen molar-refractivity contribution in [3.8, 4) is 28.1 Å². The summed E-state index contributed by atoms with van der Waals surface area (Å²) in [5.41, 5.74) is 7.86. The van der Waals surface area contributed by atoms with E-state index in [1.54, 1.807) is 13.4 Å². The number of amides is 1. The van der Waals surface area contributed by atoms with Gasteiger partial charge < -0.3 is 34.6 Å². The van der Waals surface area contributed by atoms with Gasteiger partial charge >= 0.3 is 6.09 Å². The van der Waals surface area contributed by atoms with E-state index in [-0.39, 0.29) is 12.0 Å². The number of nitrogens with zero attached hydrogens (tertiary/aromatic N) is 3. The molecular formula is C37H36N6O5. The summed E-state index contributed by atoms with van der Waals surface area (Å²) in [6, 6.07) is 23.3. The highest BCUT2D eigenvalue weighted by atomic mass is 16.5. The molecule has 1 saturated heterocycles. The molecule has 4 aromatic carbocycles. The zero-order chi connectivity index (χ0) is 32.8. The molecule has 0 radical (unpaired) electrons. The number of fused-ring (bicyclic) bond motifs is 6. The number of benzene rings is 4. The number of imidazole rings is 2. The molecule has 1 amide bonds. The Morgan fingerprint density at radius 3 is 2.79 bits per heavy atom. The van der Waals surface area contributed by atoms with Gasteiger partial charge in [-0.2, -0.15) is 0 Å². The number of hydrogen-bond donors (Lipinski definition) is 4. The Morgan fingerprint density at radius 1 is 1.08 bits per heavy atom. The van der Waals surface area contributed by atoms with Crippen LogP contribution in [-0.4, -0.2) is 69.6 Å². The average molecular weight is 645 g/mol. The number of carbonyl (C=O) groups is 1. The number of H-pyrrole nitrogens is 2. The Bertz CT molecular complexity index is 2110. The zero-order valence-corrected chi connectivity index (χ0v) is 26.6. The first-order valence-electron chi connectivity index (χ1n) is 16.0. The summed E-state index contributed by atoms with van der Waals surface area (Å²) in [6.45, 7) is 1.56. The Balaban J connectivity index is 1.09. The number of nitrogens with one attached hydrogen (secondary N) is 3. The Hall–Kier alpha value is -5.23. The third-order valence-corrected chi connectivity index (χ3v) is 9.59. The molecule has 4 atom stereocenters. The Labute approximate surface area is 276 Å². The van der Waals surface area contributed by atoms with Crippen molar-refractivity contribution in [1.82, 2.24) is 30.2 Å². The van der Waals surface area contributed by atoms with E-state index < -0.39 is 18.4 Å². The predicted octanol–water partition coefficient (Wildman–Crippen LogP) is 6.09. The summed E-state index contributed by atoms with van der Waals surface area (Å²) in [5, 5.41) is 16.8. The van der Waals surface area contributed by atoms with Gasteiger partial charge in [0.1, 0.15) is 24.4 Å². The van der Waals surface area contributed by atoms with Crippen molar-refractivity contribution in [1.29, 1.82) is 0 Å². The molecule has 0 aliphatic carbocycles. The quantitative estimate of drug-likeness (QED) is 0.156. The minimum atomic E-state index is -1.05. The van der Waals surface area contributed by atoms with Gasteiger partial charge in [0.2, 0.25) is 0 Å². The van der Waals surface area contributed by atoms with Crippen molar-refractivity contribution >= 4 is 27.9 Å². The molecule has 11 heteroatoms. The molecule has 4 N–H and O–H groups in total. The van der Waals surface area contributed by atoms with E-state index in [4.69, 9.17) is 19.2 Å². The van der Waals surface area contributed by atoms with E-state index >= 15 is 0 Å². The second-order valence-corrected chi connectivity index (χ2v) is 12.5. The molecule has 11 nitrogen and oxygen atoms in total. The molecule has 0 bridgehead atoms. The highest BCUT2D eigenvalue weighted by molar-refractivity contribution is 6.06. The lowest BCUT2D eigenvalue weighted by Gasteiger charge is -2.34. The van der Waals surface area contributed by atoms with Gasteiger partial charge in [0.25, 0.3) is 0 Å². The molecule has 8 rings (SSSR count). The van der Waals surface area contributed by atoms with Crippen LogP contribution in [0.2, 0.25) is 0 Å². The Kier molecular flexibility index (Phi) is 7.79. The van der Waals surface area contributed by atoms with Crippen LogP contribution in [-0.2, 0) is 16.1 Å². The number of hydrogen-bond acceptors (Lipinski definition) is 8. The van der Waals surface area contributed by atoms with Crippen LogP contribution in [0.3, 0.4) is 0 Å². The molecule has 1 fully saturated rings. The third-order valence-electron chi connectivity index (χ3n) is 9.59. The maximum atomic E-state index is 12.3. The highest BCUT2D eigenvalue weighted by Gasteiger charge is 2.42. The van der Waals surface area contributed by atoms with Gasteiger partial charge in [0.05, 0.1) is 55.1 Å². The van der Waals surface area contributed by atoms with E-state index in [1.165, 1.54) is 7.11 Å². The second kappa shape index (κ2) is 12.4. The van der Waals surface area contributed by atoms with Crippen LogP contribution < -0.4 is 10.1 Å². The molecular weight excluding hydrogens is 608 g/mol. The van der Waals surface area contributed by atoms with Crippen LogP contribution >= 0.6 is 0 Å². The first kappa shape index (κ1) is 30.1. The Morgan fingerprint density at radius 2 is 1.96 bits per heavy atom. The number of aromatic nitrogens is 4. The number of aliphatic hydroxyl groups excluding tert-OH is 1. The predicted molar refractivity (Wildman–Crippen MR) is 181 cm³/mol. The largest absolute Gasteiger partial charge is 0.488 e. The molecule has 2 aliphatic heterocycles. The molecule has 6 aromatic rings. The summed E-state index contributed by atoms with van der Waals surface area (Å²) in [5.74, 6) is 1.75. The molecule has 48 heavy (non-hydrogen) atoms. The third kappa shape index (κ3) is 5.35. The van der Waals surface area contributed by atoms with Crippen LogP contribution in [0, 0.1) is 5.92 Å². The topological polar surface area (TPSA) is 138 Å². The number of aromatic amines is 2. The fourth-order valence-electron chi connectivity index (χ4n) is 7.28. The first-order chi connectivity index (χ1) is 23.5. The lowest BCUT2D eigenvalue weighted by Crippen LogP contribution is -2.46. The van der Waals surface area contributed by atoms with Crippen LogP contribution in [0.1, 0.15) is 35.5 Å². The summed E-state index contributed by atoms with van der Waals surface area (Å²) < 4.78 is 16.7. The number of methoxy groups -OCH3 is 2. The maximum Gasteiger partial charge on any atom is 0.407 e. The van der Waals surface area contributed by atoms with Crippen LogP contribution in [0.15, 0.2) is 85.3 Å². The van der Waals surface area contributed by atoms with E-state index in [0.717, 1.165) is 73.3 Å². The number of likely N-dealkylation sites (tertiary alicyclic amines) is 1. The van der Waals surface area contributed by atoms with Crippen molar-refractivity contribution < 1.29 is 24.1 Å². The van der Waals surface area contributed by atoms with E-state index in [1.807, 2.05) is 41.4 Å². The fourth-order valence-corrected chi connectivity index (χ4v) is 7.28. The molecule has 244 valence electrons. The highest BCUT2D eigenvalue weighted by Crippen LogP contribution is 2.43. The number of alkyl carbamates (subject to hydrolysis) is 1. The van der Waals surface area contributed by atoms with Crippen LogP contribution in [0.5, 0.6) is 5.75 Å². The molecule has 0 saturated carbocycles. The van der Waals surface area contributed by atoms with Gasteiger partial charge in [-0.05, 0) is 64.2 Å². The van der Waals surface area contributed by atoms with Crippen molar-refractivity contribution in [3.05, 3.63) is 102 Å². The lowest BCUT2D eigenvalue weighted by molar-refractivity contribution is -0.0369. The summed E-state index contributed by atoms with van der Waals surface area (Å²) >= 11 is 0. The van der Waals surface area contributed by atoms with E-state index in [2.05, 4.69) is 62.7 Å². The van der Waals surface area contributed by atoms with Gasteiger partial charge in [-0.3, -0.25) is 4.90 Å². The van der Waals surface area contributed by atoms with Crippen molar-refractivity contribution in [2.45, 2.75) is 31.3 Å². The second-order valence-electron chi connectivity index (χ2n) is 12.5. The van der Waals surface area contributed by atoms with Gasteiger partial charge in [-0.15, -0.1) is 0 Å². The summed E-state index contributed by atoms with van der Waals surface area (Å²) in [7, 11) is 3.00. The van der Waals surface area contributed by atoms with Crippen molar-refractivity contribution in [2.75, 3.05) is 27.4 Å². The minimum absolute atomic E-state index is 0.166. The smallest absolute Gasteiger partial charge is 0.407 e. The number of aliphatic hydroxyl groups is 1. The number of carbonyl (C=O) groups excluding carboxylic acids is 1. The van der Waals surface area contributed by atoms with Crippen LogP contribution in [0.25, 0.3) is 44.2 Å². The minimum Gasteiger partial charge on any atom is -0.488 e. The number of ether oxygens (including phenoxy) is 3. The molecule has 2 aromatic heterocycles. The van der Waals surface area contributed by atoms with Crippen molar-refractivity contribution in [2.24, 2.45) is 5.92 Å². The van der Waals surface area contributed by atoms with Crippen LogP contribution in [0.4, 0.5) is 4.79 Å². The molecule has 1 unspecified atom stereocenters. The van der Waals surface area contributed by atoms with Gasteiger partial charge in [-0.1, -0.05) is 48.5 Å². The monoisotopic (exact) mass is 644 g/mol. The first-order valence-corrected chi connectivity index (χ1v) is 16.0. The summed E-state index contributed by atoms with van der Waals surface area (Å²) in [6.07, 6.45) is 2.62. The molecule has 4 heterocycles. The standard InChI is InChI=1S/C37H36N6O5/c1-46-18-21-12-31(43(17-21)36(44)33(42-37(45)47-2)22-6-4-3-5-7-22)35-38-16-30(41-35)24-8-10-26-25(13-24)19-48-32-15-27-23(14-28(26)32)9-11-29-34(27)40-20-39-29/h3-11,13-16,20-21,31,33,36,44H,12,17-19H2,1-2H3,(H,38,41)(H,39,40)(H,42,45)/t21-,31-,33+,36?/m0/s1. The normalized spacial score (nSPS) is 18.6. The van der Waals surface area contributed by atoms with Gasteiger partial charge in [0, 0.05) is 24.6 Å². The fraction of sp³-hybridized carbons (Fsp3) is 0.270. The maximum absolute atomic E-state index is 12.3. The number of rotatable bonds is 8. The molecule has 2 aliphatic rings. The lowest BCUT2D eigenvalue weighted by atomic mass is 9.92. The summed E-state index contributed by atoms with van der Waals surface area (Å²) in [4.78, 5) is 30.4. The van der Waals surface area contributed by atoms with Gasteiger partial charge in [-0.25, -0.2) is 14.8 Å². The SMILES string of the molecule is COC[C@H]1C[C@@H](c2ncc(-c3ccc4c(c3)COc3cc5c(ccc6[nH]cnc65)cc3-4)[nH]2)N(C(O)[C@H](NC(=O)OC)c2ccccc2)C1. The van der Waals surface area contributed by atoms with E-state index in [9.17, 15) is 9.90 Å². The molecule has 0 spiro atoms. The van der Waals surface area contributed by atoms with Gasteiger partial charge in [0.15, 0.2) is 0 Å². The van der Waals surface area contributed by atoms with E-state index in [0.29, 0.717) is 19.8 Å². The zero-order valence-electron chi connectivity index (χ0n) is 26.6.